The van der Waals surface area contributed by atoms with Crippen LogP contribution in [0, 0.1) is 17.2 Å². The second-order valence-electron chi connectivity index (χ2n) is 3.45. The number of nitrogens with zero attached hydrogens (tertiary/aromatic N) is 2. The van der Waals surface area contributed by atoms with Gasteiger partial charge in [-0.15, -0.1) is 0 Å². The van der Waals surface area contributed by atoms with E-state index in [-0.39, 0.29) is 5.71 Å². The van der Waals surface area contributed by atoms with Crippen LogP contribution < -0.4 is 5.32 Å². The molecule has 0 aliphatic heterocycles. The number of rotatable bonds is 4. The molecule has 1 unspecified atom stereocenters. The largest absolute Gasteiger partial charge is 0.410 e. The van der Waals surface area contributed by atoms with Gasteiger partial charge in [-0.05, 0) is 13.8 Å². The first-order chi connectivity index (χ1) is 6.94. The number of carbonyl (C=O) groups is 1. The van der Waals surface area contributed by atoms with Crippen molar-refractivity contribution < 1.29 is 14.7 Å². The number of methoxy groups -OCH3 is 1. The molecule has 84 valence electrons. The van der Waals surface area contributed by atoms with Crippen molar-refractivity contribution >= 4 is 11.6 Å². The quantitative estimate of drug-likeness (QED) is 0.394. The van der Waals surface area contributed by atoms with E-state index >= 15 is 0 Å². The highest BCUT2D eigenvalue weighted by Crippen LogP contribution is 2.22. The molecule has 6 heteroatoms. The number of nitrogens with one attached hydrogen (secondary N) is 1. The Morgan fingerprint density at radius 3 is 2.47 bits per heavy atom. The Hall–Kier alpha value is -1.61. The standard InChI is InChI=1S/C9H15N3O3/c1-9(2,15-4)7(8(13)11-3)6(5-10)12-14/h7,14H,1-4H3,(H,11,13). The monoisotopic (exact) mass is 213 g/mol. The van der Waals surface area contributed by atoms with Gasteiger partial charge in [0.05, 0.1) is 5.60 Å². The summed E-state index contributed by atoms with van der Waals surface area (Å²) < 4.78 is 5.10. The summed E-state index contributed by atoms with van der Waals surface area (Å²) >= 11 is 0. The first kappa shape index (κ1) is 13.4. The molecule has 0 heterocycles. The van der Waals surface area contributed by atoms with Gasteiger partial charge in [-0.3, -0.25) is 4.79 Å². The fourth-order valence-corrected chi connectivity index (χ4v) is 1.18. The number of hydrogen-bond donors (Lipinski definition) is 2. The third kappa shape index (κ3) is 2.92. The highest BCUT2D eigenvalue weighted by Gasteiger charge is 2.39. The second kappa shape index (κ2) is 5.32. The summed E-state index contributed by atoms with van der Waals surface area (Å²) in [4.78, 5) is 11.5. The Balaban J connectivity index is 5.26. The summed E-state index contributed by atoms with van der Waals surface area (Å²) in [5, 5.41) is 22.6. The minimum absolute atomic E-state index is 0.277. The van der Waals surface area contributed by atoms with E-state index in [4.69, 9.17) is 15.2 Å². The predicted octanol–water partition coefficient (Wildman–Crippen LogP) is 0.127. The number of amides is 1. The molecule has 0 aliphatic carbocycles. The first-order valence-corrected chi connectivity index (χ1v) is 4.33. The molecule has 0 rings (SSSR count). The lowest BCUT2D eigenvalue weighted by Crippen LogP contribution is -2.47. The molecule has 0 bridgehead atoms. The van der Waals surface area contributed by atoms with Gasteiger partial charge in [0.15, 0.2) is 5.71 Å². The minimum atomic E-state index is -0.942. The molecular formula is C9H15N3O3. The molecular weight excluding hydrogens is 198 g/mol. The molecule has 1 amide bonds. The van der Waals surface area contributed by atoms with Gasteiger partial charge in [0, 0.05) is 14.2 Å². The highest BCUT2D eigenvalue weighted by molar-refractivity contribution is 6.12. The lowest BCUT2D eigenvalue weighted by molar-refractivity contribution is -0.129. The van der Waals surface area contributed by atoms with Crippen molar-refractivity contribution in [3.05, 3.63) is 0 Å². The topological polar surface area (TPSA) is 94.7 Å². The number of carbonyl (C=O) groups excluding carboxylic acids is 1. The summed E-state index contributed by atoms with van der Waals surface area (Å²) in [6.45, 7) is 3.27. The number of oxime groups is 1. The molecule has 0 aromatic heterocycles. The van der Waals surface area contributed by atoms with Crippen LogP contribution in [0.1, 0.15) is 13.8 Å². The first-order valence-electron chi connectivity index (χ1n) is 4.33. The molecule has 0 fully saturated rings. The highest BCUT2D eigenvalue weighted by atomic mass is 16.5. The van der Waals surface area contributed by atoms with Crippen LogP contribution in [0.2, 0.25) is 0 Å². The average molecular weight is 213 g/mol. The van der Waals surface area contributed by atoms with E-state index in [1.807, 2.05) is 0 Å². The van der Waals surface area contributed by atoms with Gasteiger partial charge in [-0.2, -0.15) is 5.26 Å². The van der Waals surface area contributed by atoms with Gasteiger partial charge in [0.2, 0.25) is 5.91 Å². The van der Waals surface area contributed by atoms with E-state index < -0.39 is 17.4 Å². The zero-order valence-electron chi connectivity index (χ0n) is 9.24. The third-order valence-corrected chi connectivity index (χ3v) is 2.23. The van der Waals surface area contributed by atoms with Crippen LogP contribution in [-0.4, -0.2) is 36.6 Å². The number of hydrogen-bond acceptors (Lipinski definition) is 5. The Morgan fingerprint density at radius 2 is 2.20 bits per heavy atom. The average Bonchev–Trinajstić information content (AvgIpc) is 2.24. The van der Waals surface area contributed by atoms with Crippen molar-refractivity contribution in [2.75, 3.05) is 14.2 Å². The lowest BCUT2D eigenvalue weighted by Gasteiger charge is -2.29. The number of ether oxygens (including phenoxy) is 1. The Kier molecular flexibility index (Phi) is 4.74. The number of nitriles is 1. The lowest BCUT2D eigenvalue weighted by atomic mass is 9.86. The molecule has 0 spiro atoms. The fraction of sp³-hybridized carbons (Fsp3) is 0.667. The SMILES string of the molecule is CNC(=O)C(C(C#N)=NO)C(C)(C)OC. The van der Waals surface area contributed by atoms with Gasteiger partial charge in [0.25, 0.3) is 0 Å². The van der Waals surface area contributed by atoms with Crippen molar-refractivity contribution in [1.82, 2.24) is 5.32 Å². The maximum Gasteiger partial charge on any atom is 0.232 e. The molecule has 6 nitrogen and oxygen atoms in total. The Labute approximate surface area is 88.5 Å². The molecule has 0 aromatic rings. The van der Waals surface area contributed by atoms with Crippen molar-refractivity contribution in [3.8, 4) is 6.07 Å². The van der Waals surface area contributed by atoms with E-state index in [0.717, 1.165) is 0 Å². The fourth-order valence-electron chi connectivity index (χ4n) is 1.18. The third-order valence-electron chi connectivity index (χ3n) is 2.23. The normalized spacial score (nSPS) is 14.2. The van der Waals surface area contributed by atoms with Crippen molar-refractivity contribution in [2.45, 2.75) is 19.4 Å². The van der Waals surface area contributed by atoms with Crippen molar-refractivity contribution in [2.24, 2.45) is 11.1 Å². The minimum Gasteiger partial charge on any atom is -0.410 e. The maximum atomic E-state index is 11.5. The van der Waals surface area contributed by atoms with Crippen LogP contribution in [0.3, 0.4) is 0 Å². The van der Waals surface area contributed by atoms with Crippen LogP contribution in [0.25, 0.3) is 0 Å². The zero-order valence-corrected chi connectivity index (χ0v) is 9.24. The van der Waals surface area contributed by atoms with Crippen LogP contribution in [0.4, 0.5) is 0 Å². The molecule has 2 N–H and O–H groups in total. The molecule has 0 radical (unpaired) electrons. The summed E-state index contributed by atoms with van der Waals surface area (Å²) in [7, 11) is 2.86. The predicted molar refractivity (Wildman–Crippen MR) is 53.5 cm³/mol. The van der Waals surface area contributed by atoms with Gasteiger partial charge >= 0.3 is 0 Å². The molecule has 1 atom stereocenters. The molecule has 0 aromatic carbocycles. The second-order valence-corrected chi connectivity index (χ2v) is 3.45. The van der Waals surface area contributed by atoms with Crippen LogP contribution in [0.15, 0.2) is 5.16 Å². The zero-order chi connectivity index (χ0) is 12.1. The van der Waals surface area contributed by atoms with Crippen LogP contribution in [0.5, 0.6) is 0 Å². The summed E-state index contributed by atoms with van der Waals surface area (Å²) in [5.41, 5.74) is -1.20. The summed E-state index contributed by atoms with van der Waals surface area (Å²) in [5.74, 6) is -1.38. The van der Waals surface area contributed by atoms with Gasteiger partial charge in [-0.25, -0.2) is 0 Å². The molecule has 0 aliphatic rings. The van der Waals surface area contributed by atoms with Crippen LogP contribution in [-0.2, 0) is 9.53 Å². The molecule has 0 saturated heterocycles. The smallest absolute Gasteiger partial charge is 0.232 e. The van der Waals surface area contributed by atoms with Gasteiger partial charge in [0.1, 0.15) is 12.0 Å². The van der Waals surface area contributed by atoms with Gasteiger partial charge in [-0.1, -0.05) is 5.16 Å². The van der Waals surface area contributed by atoms with E-state index in [0.29, 0.717) is 0 Å². The van der Waals surface area contributed by atoms with Gasteiger partial charge < -0.3 is 15.3 Å². The van der Waals surface area contributed by atoms with Crippen molar-refractivity contribution in [1.29, 1.82) is 5.26 Å². The molecule has 15 heavy (non-hydrogen) atoms. The summed E-state index contributed by atoms with van der Waals surface area (Å²) in [6, 6.07) is 1.67. The molecule has 0 saturated carbocycles. The van der Waals surface area contributed by atoms with E-state index in [9.17, 15) is 4.79 Å². The maximum absolute atomic E-state index is 11.5. The van der Waals surface area contributed by atoms with E-state index in [1.54, 1.807) is 19.9 Å². The summed E-state index contributed by atoms with van der Waals surface area (Å²) in [6.07, 6.45) is 0. The van der Waals surface area contributed by atoms with Crippen LogP contribution >= 0.6 is 0 Å². The Morgan fingerprint density at radius 1 is 1.67 bits per heavy atom. The van der Waals surface area contributed by atoms with E-state index in [1.165, 1.54) is 14.2 Å². The Bertz CT molecular complexity index is 304. The van der Waals surface area contributed by atoms with E-state index in [2.05, 4.69) is 10.5 Å². The van der Waals surface area contributed by atoms with Crippen molar-refractivity contribution in [3.63, 3.8) is 0 Å².